The molecule has 0 aliphatic carbocycles. The van der Waals surface area contributed by atoms with Crippen molar-refractivity contribution in [3.05, 3.63) is 34.3 Å². The largest absolute Gasteiger partial charge is 0.308 e. The van der Waals surface area contributed by atoms with Crippen molar-refractivity contribution < 1.29 is 0 Å². The molecule has 0 aliphatic heterocycles. The highest BCUT2D eigenvalue weighted by atomic mass is 35.5. The summed E-state index contributed by atoms with van der Waals surface area (Å²) in [6.45, 7) is 14.2. The van der Waals surface area contributed by atoms with Crippen LogP contribution in [-0.2, 0) is 6.54 Å². The van der Waals surface area contributed by atoms with Crippen LogP contribution in [-0.4, -0.2) is 5.54 Å². The molecule has 0 fully saturated rings. The summed E-state index contributed by atoms with van der Waals surface area (Å²) >= 11 is 6.14. The van der Waals surface area contributed by atoms with Gasteiger partial charge in [-0.25, -0.2) is 0 Å². The first-order valence-corrected chi connectivity index (χ1v) is 6.97. The molecule has 1 N–H and O–H groups in total. The summed E-state index contributed by atoms with van der Waals surface area (Å²) in [7, 11) is 0. The first-order valence-electron chi connectivity index (χ1n) is 6.59. The second-order valence-corrected chi connectivity index (χ2v) is 7.47. The second kappa shape index (κ2) is 5.63. The highest BCUT2D eigenvalue weighted by Crippen LogP contribution is 2.27. The number of nitrogens with one attached hydrogen (secondary N) is 1. The number of aryl methyl sites for hydroxylation is 1. The Morgan fingerprint density at radius 3 is 2.22 bits per heavy atom. The van der Waals surface area contributed by atoms with Gasteiger partial charge >= 0.3 is 0 Å². The topological polar surface area (TPSA) is 12.0 Å². The average molecular weight is 268 g/mol. The molecule has 0 aliphatic rings. The quantitative estimate of drug-likeness (QED) is 0.814. The molecule has 0 unspecified atom stereocenters. The lowest BCUT2D eigenvalue weighted by molar-refractivity contribution is 0.241. The van der Waals surface area contributed by atoms with Crippen molar-refractivity contribution in [3.63, 3.8) is 0 Å². The van der Waals surface area contributed by atoms with Crippen LogP contribution < -0.4 is 5.32 Å². The molecule has 18 heavy (non-hydrogen) atoms. The molecule has 2 heteroatoms. The zero-order valence-corrected chi connectivity index (χ0v) is 13.3. The molecule has 102 valence electrons. The SMILES string of the molecule is Cc1ccc(CNC(C)(C)CC(C)(C)C)cc1Cl. The van der Waals surface area contributed by atoms with E-state index in [-0.39, 0.29) is 5.54 Å². The van der Waals surface area contributed by atoms with Crippen molar-refractivity contribution in [3.8, 4) is 0 Å². The predicted octanol–water partition coefficient (Wildman–Crippen LogP) is 4.95. The summed E-state index contributed by atoms with van der Waals surface area (Å²) in [5, 5.41) is 4.47. The van der Waals surface area contributed by atoms with Crippen LogP contribution in [0, 0.1) is 12.3 Å². The van der Waals surface area contributed by atoms with Gasteiger partial charge in [-0.05, 0) is 49.8 Å². The summed E-state index contributed by atoms with van der Waals surface area (Å²) in [5.41, 5.74) is 2.85. The summed E-state index contributed by atoms with van der Waals surface area (Å²) in [4.78, 5) is 0. The van der Waals surface area contributed by atoms with Gasteiger partial charge in [0, 0.05) is 17.1 Å². The molecule has 0 atom stereocenters. The van der Waals surface area contributed by atoms with Crippen molar-refractivity contribution in [2.45, 2.75) is 60.0 Å². The highest BCUT2D eigenvalue weighted by molar-refractivity contribution is 6.31. The van der Waals surface area contributed by atoms with Crippen molar-refractivity contribution in [2.75, 3.05) is 0 Å². The Morgan fingerprint density at radius 1 is 1.11 bits per heavy atom. The summed E-state index contributed by atoms with van der Waals surface area (Å²) in [6.07, 6.45) is 1.14. The first kappa shape index (κ1) is 15.5. The fraction of sp³-hybridized carbons (Fsp3) is 0.625. The molecule has 0 radical (unpaired) electrons. The van der Waals surface area contributed by atoms with E-state index < -0.39 is 0 Å². The lowest BCUT2D eigenvalue weighted by Crippen LogP contribution is -2.41. The van der Waals surface area contributed by atoms with E-state index >= 15 is 0 Å². The number of hydrogen-bond donors (Lipinski definition) is 1. The van der Waals surface area contributed by atoms with Crippen LogP contribution in [0.5, 0.6) is 0 Å². The maximum Gasteiger partial charge on any atom is 0.0438 e. The van der Waals surface area contributed by atoms with Crippen LogP contribution in [0.3, 0.4) is 0 Å². The molecular formula is C16H26ClN. The van der Waals surface area contributed by atoms with Crippen LogP contribution in [0.25, 0.3) is 0 Å². The van der Waals surface area contributed by atoms with Gasteiger partial charge in [-0.15, -0.1) is 0 Å². The van der Waals surface area contributed by atoms with Gasteiger partial charge in [0.05, 0.1) is 0 Å². The normalized spacial score (nSPS) is 12.8. The Balaban J connectivity index is 2.61. The molecule has 0 saturated carbocycles. The van der Waals surface area contributed by atoms with Crippen LogP contribution >= 0.6 is 11.6 Å². The smallest absolute Gasteiger partial charge is 0.0438 e. The van der Waals surface area contributed by atoms with E-state index in [0.717, 1.165) is 23.6 Å². The van der Waals surface area contributed by atoms with Crippen LogP contribution in [0.15, 0.2) is 18.2 Å². The molecule has 1 nitrogen and oxygen atoms in total. The zero-order valence-electron chi connectivity index (χ0n) is 12.5. The Labute approximate surface area is 117 Å². The van der Waals surface area contributed by atoms with Gasteiger partial charge < -0.3 is 5.32 Å². The van der Waals surface area contributed by atoms with E-state index in [1.807, 2.05) is 6.92 Å². The Bertz CT molecular complexity index is 402. The predicted molar refractivity (Wildman–Crippen MR) is 81.2 cm³/mol. The van der Waals surface area contributed by atoms with Crippen LogP contribution in [0.4, 0.5) is 0 Å². The second-order valence-electron chi connectivity index (χ2n) is 7.06. The van der Waals surface area contributed by atoms with Gasteiger partial charge in [-0.2, -0.15) is 0 Å². The van der Waals surface area contributed by atoms with E-state index in [4.69, 9.17) is 11.6 Å². The molecule has 0 amide bonds. The monoisotopic (exact) mass is 267 g/mol. The number of hydrogen-bond acceptors (Lipinski definition) is 1. The van der Waals surface area contributed by atoms with Crippen molar-refractivity contribution >= 4 is 11.6 Å². The van der Waals surface area contributed by atoms with Gasteiger partial charge in [0.1, 0.15) is 0 Å². The number of halogens is 1. The molecular weight excluding hydrogens is 242 g/mol. The lowest BCUT2D eigenvalue weighted by Gasteiger charge is -2.33. The molecule has 0 spiro atoms. The Morgan fingerprint density at radius 2 is 1.72 bits per heavy atom. The highest BCUT2D eigenvalue weighted by Gasteiger charge is 2.24. The molecule has 1 rings (SSSR count). The van der Waals surface area contributed by atoms with Gasteiger partial charge in [0.25, 0.3) is 0 Å². The van der Waals surface area contributed by atoms with Crippen LogP contribution in [0.1, 0.15) is 52.2 Å². The third-order valence-electron chi connectivity index (χ3n) is 2.98. The van der Waals surface area contributed by atoms with E-state index in [2.05, 4.69) is 58.1 Å². The summed E-state index contributed by atoms with van der Waals surface area (Å²) in [6, 6.07) is 6.27. The molecule has 1 aromatic rings. The Hall–Kier alpha value is -0.530. The fourth-order valence-electron chi connectivity index (χ4n) is 2.48. The first-order chi connectivity index (χ1) is 8.09. The van der Waals surface area contributed by atoms with E-state index in [1.54, 1.807) is 0 Å². The minimum Gasteiger partial charge on any atom is -0.308 e. The zero-order chi connectivity index (χ0) is 14.0. The third-order valence-corrected chi connectivity index (χ3v) is 3.39. The maximum absolute atomic E-state index is 6.14. The standard InChI is InChI=1S/C16H26ClN/c1-12-7-8-13(9-14(12)17)10-18-16(5,6)11-15(2,3)4/h7-9,18H,10-11H2,1-6H3. The molecule has 0 aromatic heterocycles. The summed E-state index contributed by atoms with van der Waals surface area (Å²) in [5.74, 6) is 0. The van der Waals surface area contributed by atoms with E-state index in [0.29, 0.717) is 5.41 Å². The van der Waals surface area contributed by atoms with Crippen molar-refractivity contribution in [1.29, 1.82) is 0 Å². The molecule has 1 aromatic carbocycles. The molecule has 0 saturated heterocycles. The van der Waals surface area contributed by atoms with Gasteiger partial charge in [0.15, 0.2) is 0 Å². The van der Waals surface area contributed by atoms with E-state index in [9.17, 15) is 0 Å². The molecule has 0 heterocycles. The number of rotatable bonds is 4. The van der Waals surface area contributed by atoms with E-state index in [1.165, 1.54) is 5.56 Å². The fourth-order valence-corrected chi connectivity index (χ4v) is 2.68. The van der Waals surface area contributed by atoms with Gasteiger partial charge in [-0.3, -0.25) is 0 Å². The van der Waals surface area contributed by atoms with Gasteiger partial charge in [0.2, 0.25) is 0 Å². The minimum absolute atomic E-state index is 0.135. The molecule has 0 bridgehead atoms. The van der Waals surface area contributed by atoms with Gasteiger partial charge in [-0.1, -0.05) is 44.5 Å². The van der Waals surface area contributed by atoms with Crippen molar-refractivity contribution in [2.24, 2.45) is 5.41 Å². The maximum atomic E-state index is 6.14. The summed E-state index contributed by atoms with van der Waals surface area (Å²) < 4.78 is 0. The Kier molecular flexibility index (Phi) is 4.85. The minimum atomic E-state index is 0.135. The third kappa shape index (κ3) is 5.41. The lowest BCUT2D eigenvalue weighted by atomic mass is 9.82. The van der Waals surface area contributed by atoms with Crippen molar-refractivity contribution in [1.82, 2.24) is 5.32 Å². The average Bonchev–Trinajstić information content (AvgIpc) is 2.16. The van der Waals surface area contributed by atoms with Crippen LogP contribution in [0.2, 0.25) is 5.02 Å². The number of benzene rings is 1.